The van der Waals surface area contributed by atoms with E-state index in [0.717, 1.165) is 16.9 Å². The molecular weight excluding hydrogens is 202 g/mol. The summed E-state index contributed by atoms with van der Waals surface area (Å²) in [5, 5.41) is 0.936. The highest BCUT2D eigenvalue weighted by Crippen LogP contribution is 2.31. The molecule has 0 spiro atoms. The lowest BCUT2D eigenvalue weighted by molar-refractivity contribution is 0.680. The number of para-hydroxylation sites is 1. The van der Waals surface area contributed by atoms with Crippen LogP contribution in [0.25, 0.3) is 10.9 Å². The van der Waals surface area contributed by atoms with Crippen LogP contribution in [0.15, 0.2) is 34.1 Å². The Morgan fingerprint density at radius 3 is 2.88 bits per heavy atom. The predicted molar refractivity (Wildman–Crippen MR) is 63.5 cm³/mol. The van der Waals surface area contributed by atoms with Crippen molar-refractivity contribution in [1.82, 2.24) is 9.55 Å². The van der Waals surface area contributed by atoms with Crippen molar-refractivity contribution in [3.8, 4) is 0 Å². The van der Waals surface area contributed by atoms with Gasteiger partial charge in [0.1, 0.15) is 5.82 Å². The highest BCUT2D eigenvalue weighted by molar-refractivity contribution is 5.97. The molecule has 4 heteroatoms. The molecule has 2 aromatic rings. The molecule has 1 aliphatic rings. The number of rotatable bonds is 0. The minimum atomic E-state index is -0.221. The van der Waals surface area contributed by atoms with Gasteiger partial charge in [-0.2, -0.15) is 4.98 Å². The van der Waals surface area contributed by atoms with Crippen LogP contribution in [0.1, 0.15) is 19.9 Å². The topological polar surface area (TPSA) is 47.2 Å². The fourth-order valence-electron chi connectivity index (χ4n) is 2.05. The van der Waals surface area contributed by atoms with Crippen molar-refractivity contribution in [1.29, 1.82) is 0 Å². The number of nitrogens with zero attached hydrogens (tertiary/aromatic N) is 3. The van der Waals surface area contributed by atoms with Crippen LogP contribution in [-0.2, 0) is 0 Å². The zero-order chi connectivity index (χ0) is 11.3. The van der Waals surface area contributed by atoms with Crippen molar-refractivity contribution in [2.45, 2.75) is 19.9 Å². The Morgan fingerprint density at radius 1 is 1.31 bits per heavy atom. The Labute approximate surface area is 92.3 Å². The summed E-state index contributed by atoms with van der Waals surface area (Å²) in [5.41, 5.74) is 1.45. The highest BCUT2D eigenvalue weighted by atomic mass is 16.1. The SMILES string of the molecule is CC1=Nc2c3ccccc3nc(=O)n2C1C. The molecule has 2 heterocycles. The molecule has 0 saturated heterocycles. The van der Waals surface area contributed by atoms with E-state index in [4.69, 9.17) is 0 Å². The summed E-state index contributed by atoms with van der Waals surface area (Å²) in [6.07, 6.45) is 0. The fourth-order valence-corrected chi connectivity index (χ4v) is 2.05. The van der Waals surface area contributed by atoms with Crippen LogP contribution in [0.5, 0.6) is 0 Å². The van der Waals surface area contributed by atoms with E-state index >= 15 is 0 Å². The number of hydrogen-bond acceptors (Lipinski definition) is 3. The average molecular weight is 213 g/mol. The maximum absolute atomic E-state index is 11.9. The monoisotopic (exact) mass is 213 g/mol. The number of aromatic nitrogens is 2. The molecule has 0 N–H and O–H groups in total. The number of hydrogen-bond donors (Lipinski definition) is 0. The Balaban J connectivity index is 2.51. The standard InChI is InChI=1S/C12H11N3O/c1-7-8(2)15-11(13-7)9-5-3-4-6-10(9)14-12(15)16/h3-6,8H,1-2H3. The second kappa shape index (κ2) is 3.01. The maximum atomic E-state index is 11.9. The molecule has 1 aromatic carbocycles. The molecule has 80 valence electrons. The zero-order valence-electron chi connectivity index (χ0n) is 9.14. The summed E-state index contributed by atoms with van der Waals surface area (Å²) in [6.45, 7) is 3.90. The van der Waals surface area contributed by atoms with Crippen LogP contribution < -0.4 is 5.69 Å². The predicted octanol–water partition coefficient (Wildman–Crippen LogP) is 2.06. The van der Waals surface area contributed by atoms with Crippen LogP contribution in [-0.4, -0.2) is 15.3 Å². The van der Waals surface area contributed by atoms with Gasteiger partial charge in [0.15, 0.2) is 0 Å². The number of aliphatic imine (C=N–C) groups is 1. The van der Waals surface area contributed by atoms with E-state index in [1.54, 1.807) is 4.57 Å². The second-order valence-corrected chi connectivity index (χ2v) is 4.03. The first-order valence-electron chi connectivity index (χ1n) is 5.25. The molecule has 0 aliphatic carbocycles. The molecule has 0 amide bonds. The molecule has 3 rings (SSSR count). The Kier molecular flexibility index (Phi) is 1.74. The highest BCUT2D eigenvalue weighted by Gasteiger charge is 2.23. The zero-order valence-corrected chi connectivity index (χ0v) is 9.14. The van der Waals surface area contributed by atoms with Gasteiger partial charge < -0.3 is 0 Å². The van der Waals surface area contributed by atoms with E-state index in [1.165, 1.54) is 0 Å². The molecule has 0 radical (unpaired) electrons. The maximum Gasteiger partial charge on any atom is 0.350 e. The first kappa shape index (κ1) is 9.27. The lowest BCUT2D eigenvalue weighted by Gasteiger charge is -2.09. The van der Waals surface area contributed by atoms with E-state index in [0.29, 0.717) is 5.52 Å². The smallest absolute Gasteiger partial charge is 0.267 e. The number of benzene rings is 1. The first-order valence-corrected chi connectivity index (χ1v) is 5.25. The van der Waals surface area contributed by atoms with Crippen LogP contribution in [0, 0.1) is 0 Å². The minimum Gasteiger partial charge on any atom is -0.267 e. The van der Waals surface area contributed by atoms with E-state index in [2.05, 4.69) is 9.98 Å². The van der Waals surface area contributed by atoms with Crippen molar-refractivity contribution in [2.75, 3.05) is 0 Å². The van der Waals surface area contributed by atoms with Crippen molar-refractivity contribution in [3.05, 3.63) is 34.7 Å². The summed E-state index contributed by atoms with van der Waals surface area (Å²) in [7, 11) is 0. The fraction of sp³-hybridized carbons (Fsp3) is 0.250. The summed E-state index contributed by atoms with van der Waals surface area (Å²) in [6, 6.07) is 7.61. The molecule has 1 atom stereocenters. The molecule has 0 bridgehead atoms. The molecular formula is C12H11N3O. The number of fused-ring (bicyclic) bond motifs is 3. The van der Waals surface area contributed by atoms with Gasteiger partial charge in [-0.1, -0.05) is 12.1 Å². The third kappa shape index (κ3) is 1.07. The Morgan fingerprint density at radius 2 is 2.06 bits per heavy atom. The van der Waals surface area contributed by atoms with Crippen molar-refractivity contribution < 1.29 is 0 Å². The normalized spacial score (nSPS) is 18.6. The van der Waals surface area contributed by atoms with Gasteiger partial charge >= 0.3 is 5.69 Å². The van der Waals surface area contributed by atoms with E-state index in [-0.39, 0.29) is 11.7 Å². The Bertz CT molecular complexity index is 670. The second-order valence-electron chi connectivity index (χ2n) is 4.03. The first-order chi connectivity index (χ1) is 7.68. The molecule has 1 aromatic heterocycles. The molecule has 0 saturated carbocycles. The summed E-state index contributed by atoms with van der Waals surface area (Å²) in [4.78, 5) is 20.4. The summed E-state index contributed by atoms with van der Waals surface area (Å²) < 4.78 is 1.65. The van der Waals surface area contributed by atoms with Crippen LogP contribution in [0.3, 0.4) is 0 Å². The third-order valence-electron chi connectivity index (χ3n) is 3.07. The van der Waals surface area contributed by atoms with Crippen molar-refractivity contribution in [3.63, 3.8) is 0 Å². The Hall–Kier alpha value is -1.97. The van der Waals surface area contributed by atoms with Crippen molar-refractivity contribution in [2.24, 2.45) is 4.99 Å². The van der Waals surface area contributed by atoms with E-state index in [1.807, 2.05) is 38.1 Å². The van der Waals surface area contributed by atoms with Gasteiger partial charge in [-0.25, -0.2) is 9.79 Å². The van der Waals surface area contributed by atoms with Crippen molar-refractivity contribution >= 4 is 22.4 Å². The lowest BCUT2D eigenvalue weighted by Crippen LogP contribution is -2.25. The molecule has 0 fully saturated rings. The van der Waals surface area contributed by atoms with Crippen LogP contribution >= 0.6 is 0 Å². The van der Waals surface area contributed by atoms with Gasteiger partial charge in [-0.3, -0.25) is 4.57 Å². The molecule has 1 unspecified atom stereocenters. The molecule has 1 aliphatic heterocycles. The van der Waals surface area contributed by atoms with Gasteiger partial charge in [0.05, 0.1) is 11.6 Å². The average Bonchev–Trinajstić information content (AvgIpc) is 2.57. The van der Waals surface area contributed by atoms with E-state index in [9.17, 15) is 4.79 Å². The van der Waals surface area contributed by atoms with Gasteiger partial charge in [0.2, 0.25) is 0 Å². The molecule has 16 heavy (non-hydrogen) atoms. The largest absolute Gasteiger partial charge is 0.350 e. The van der Waals surface area contributed by atoms with Gasteiger partial charge in [-0.15, -0.1) is 0 Å². The summed E-state index contributed by atoms with van der Waals surface area (Å²) in [5.74, 6) is 0.737. The minimum absolute atomic E-state index is 0.0135. The lowest BCUT2D eigenvalue weighted by atomic mass is 10.2. The summed E-state index contributed by atoms with van der Waals surface area (Å²) >= 11 is 0. The molecule has 4 nitrogen and oxygen atoms in total. The van der Waals surface area contributed by atoms with Crippen LogP contribution in [0.4, 0.5) is 5.82 Å². The van der Waals surface area contributed by atoms with Gasteiger partial charge in [-0.05, 0) is 26.0 Å². The third-order valence-corrected chi connectivity index (χ3v) is 3.07. The van der Waals surface area contributed by atoms with E-state index < -0.39 is 0 Å². The van der Waals surface area contributed by atoms with Crippen LogP contribution in [0.2, 0.25) is 0 Å². The van der Waals surface area contributed by atoms with Gasteiger partial charge in [0, 0.05) is 11.1 Å². The van der Waals surface area contributed by atoms with Gasteiger partial charge in [0.25, 0.3) is 0 Å². The quantitative estimate of drug-likeness (QED) is 0.672.